The van der Waals surface area contributed by atoms with Crippen LogP contribution >= 0.6 is 0 Å². The van der Waals surface area contributed by atoms with Crippen molar-refractivity contribution in [1.82, 2.24) is 23.1 Å². The largest absolute Gasteiger partial charge is 0.334 e. The first-order valence-electron chi connectivity index (χ1n) is 8.83. The normalized spacial score (nSPS) is 26.2. The monoisotopic (exact) mass is 355 g/mol. The molecule has 1 aromatic heterocycles. The molecule has 0 unspecified atom stereocenters. The molecular weight excluding hydrogens is 326 g/mol. The van der Waals surface area contributed by atoms with Crippen LogP contribution in [-0.4, -0.2) is 71.3 Å². The summed E-state index contributed by atoms with van der Waals surface area (Å²) in [5, 5.41) is 0. The lowest BCUT2D eigenvalue weighted by atomic mass is 9.95. The minimum absolute atomic E-state index is 0.283. The Kier molecular flexibility index (Phi) is 5.29. The zero-order chi connectivity index (χ0) is 17.3. The summed E-state index contributed by atoms with van der Waals surface area (Å²) in [7, 11) is -0.107. The van der Waals surface area contributed by atoms with E-state index in [4.69, 9.17) is 0 Å². The standard InChI is InChI=1S/C16H29N5O2S/c1-4-8-19-9-7-17-16(19)13-20-10-14-5-6-15(20)12-21(11-14)24(22,23)18(2)3/h7,9,14-15H,4-6,8,10-13H2,1-3H3/t14-,15-/m1/s1. The molecule has 0 spiro atoms. The maximum atomic E-state index is 12.5. The molecule has 0 aliphatic carbocycles. The van der Waals surface area contributed by atoms with Gasteiger partial charge >= 0.3 is 0 Å². The molecule has 4 rings (SSSR count). The molecule has 3 aliphatic heterocycles. The Morgan fingerprint density at radius 3 is 2.75 bits per heavy atom. The predicted molar refractivity (Wildman–Crippen MR) is 93.6 cm³/mol. The third-order valence-electron chi connectivity index (χ3n) is 5.19. The molecule has 1 aromatic rings. The van der Waals surface area contributed by atoms with Gasteiger partial charge in [-0.3, -0.25) is 4.90 Å². The van der Waals surface area contributed by atoms with Crippen LogP contribution < -0.4 is 0 Å². The lowest BCUT2D eigenvalue weighted by molar-refractivity contribution is 0.120. The molecule has 2 atom stereocenters. The minimum atomic E-state index is -3.33. The van der Waals surface area contributed by atoms with Gasteiger partial charge in [0.1, 0.15) is 5.82 Å². The Hall–Kier alpha value is -0.960. The number of imidazole rings is 1. The maximum absolute atomic E-state index is 12.5. The van der Waals surface area contributed by atoms with Gasteiger partial charge in [0.2, 0.25) is 0 Å². The van der Waals surface area contributed by atoms with Crippen LogP contribution in [0.4, 0.5) is 0 Å². The molecule has 4 heterocycles. The number of hydrogen-bond acceptors (Lipinski definition) is 4. The third-order valence-corrected chi connectivity index (χ3v) is 7.07. The predicted octanol–water partition coefficient (Wildman–Crippen LogP) is 0.996. The summed E-state index contributed by atoms with van der Waals surface area (Å²) in [5.74, 6) is 1.50. The van der Waals surface area contributed by atoms with E-state index in [0.717, 1.165) is 44.7 Å². The smallest absolute Gasteiger partial charge is 0.281 e. The summed E-state index contributed by atoms with van der Waals surface area (Å²) in [4.78, 5) is 6.96. The van der Waals surface area contributed by atoms with E-state index in [2.05, 4.69) is 21.4 Å². The van der Waals surface area contributed by atoms with Crippen molar-refractivity contribution in [3.05, 3.63) is 18.2 Å². The molecule has 0 amide bonds. The van der Waals surface area contributed by atoms with E-state index in [1.54, 1.807) is 18.4 Å². The summed E-state index contributed by atoms with van der Waals surface area (Å²) in [5.41, 5.74) is 0. The molecule has 136 valence electrons. The van der Waals surface area contributed by atoms with E-state index in [1.165, 1.54) is 4.31 Å². The van der Waals surface area contributed by atoms with Crippen molar-refractivity contribution in [1.29, 1.82) is 0 Å². The Morgan fingerprint density at radius 2 is 2.04 bits per heavy atom. The van der Waals surface area contributed by atoms with Gasteiger partial charge in [0.15, 0.2) is 0 Å². The zero-order valence-electron chi connectivity index (χ0n) is 14.9. The lowest BCUT2D eigenvalue weighted by Gasteiger charge is -2.35. The summed E-state index contributed by atoms with van der Waals surface area (Å²) in [6, 6.07) is 0.283. The first-order chi connectivity index (χ1) is 11.4. The molecule has 8 heteroatoms. The summed E-state index contributed by atoms with van der Waals surface area (Å²) < 4.78 is 30.3. The number of aromatic nitrogens is 2. The van der Waals surface area contributed by atoms with Gasteiger partial charge in [-0.15, -0.1) is 0 Å². The first kappa shape index (κ1) is 17.8. The van der Waals surface area contributed by atoms with Gasteiger partial charge in [0.05, 0.1) is 6.54 Å². The minimum Gasteiger partial charge on any atom is -0.334 e. The molecule has 0 aromatic carbocycles. The van der Waals surface area contributed by atoms with Crippen LogP contribution in [0.15, 0.2) is 12.4 Å². The van der Waals surface area contributed by atoms with Gasteiger partial charge in [-0.2, -0.15) is 17.0 Å². The fourth-order valence-electron chi connectivity index (χ4n) is 3.87. The van der Waals surface area contributed by atoms with Gasteiger partial charge in [-0.25, -0.2) is 4.98 Å². The molecule has 3 fully saturated rings. The van der Waals surface area contributed by atoms with Crippen LogP contribution in [0.2, 0.25) is 0 Å². The summed E-state index contributed by atoms with van der Waals surface area (Å²) in [6.45, 7) is 6.15. The van der Waals surface area contributed by atoms with Crippen LogP contribution in [0, 0.1) is 5.92 Å². The Balaban J connectivity index is 1.75. The third kappa shape index (κ3) is 3.51. The number of fused-ring (bicyclic) bond motifs is 4. The van der Waals surface area contributed by atoms with Gasteiger partial charge in [0, 0.05) is 58.7 Å². The zero-order valence-corrected chi connectivity index (χ0v) is 15.7. The average molecular weight is 356 g/mol. The van der Waals surface area contributed by atoms with E-state index in [0.29, 0.717) is 19.0 Å². The van der Waals surface area contributed by atoms with Crippen molar-refractivity contribution in [2.75, 3.05) is 33.7 Å². The number of piperidine rings is 1. The Bertz CT molecular complexity index is 657. The SMILES string of the molecule is CCCn1ccnc1CN1C[C@H]2CC[C@@H]1CN(S(=O)(=O)N(C)C)C2. The van der Waals surface area contributed by atoms with Crippen molar-refractivity contribution >= 4 is 10.2 Å². The van der Waals surface area contributed by atoms with Crippen molar-refractivity contribution in [3.8, 4) is 0 Å². The molecule has 24 heavy (non-hydrogen) atoms. The van der Waals surface area contributed by atoms with E-state index < -0.39 is 10.2 Å². The van der Waals surface area contributed by atoms with Gasteiger partial charge < -0.3 is 4.57 Å². The number of nitrogens with zero attached hydrogens (tertiary/aromatic N) is 5. The fraction of sp³-hybridized carbons (Fsp3) is 0.812. The lowest BCUT2D eigenvalue weighted by Crippen LogP contribution is -2.46. The van der Waals surface area contributed by atoms with E-state index in [1.807, 2.05) is 12.4 Å². The molecule has 3 saturated heterocycles. The van der Waals surface area contributed by atoms with E-state index in [9.17, 15) is 8.42 Å². The second kappa shape index (κ2) is 7.11. The highest BCUT2D eigenvalue weighted by Crippen LogP contribution is 2.30. The molecule has 7 nitrogen and oxygen atoms in total. The van der Waals surface area contributed by atoms with Gasteiger partial charge in [0.25, 0.3) is 10.2 Å². The Labute approximate surface area is 145 Å². The van der Waals surface area contributed by atoms with Gasteiger partial charge in [-0.1, -0.05) is 6.92 Å². The quantitative estimate of drug-likeness (QED) is 0.764. The second-order valence-corrected chi connectivity index (χ2v) is 9.31. The summed E-state index contributed by atoms with van der Waals surface area (Å²) >= 11 is 0. The number of aryl methyl sites for hydroxylation is 1. The highest BCUT2D eigenvalue weighted by molar-refractivity contribution is 7.86. The molecule has 2 bridgehead atoms. The van der Waals surface area contributed by atoms with Crippen molar-refractivity contribution in [2.45, 2.75) is 45.3 Å². The van der Waals surface area contributed by atoms with Crippen molar-refractivity contribution < 1.29 is 8.42 Å². The molecule has 3 aliphatic rings. The van der Waals surface area contributed by atoms with Crippen LogP contribution in [0.1, 0.15) is 32.0 Å². The van der Waals surface area contributed by atoms with Crippen molar-refractivity contribution in [3.63, 3.8) is 0 Å². The van der Waals surface area contributed by atoms with E-state index in [-0.39, 0.29) is 6.04 Å². The second-order valence-electron chi connectivity index (χ2n) is 7.17. The summed E-state index contributed by atoms with van der Waals surface area (Å²) in [6.07, 6.45) is 7.18. The molecule has 0 N–H and O–H groups in total. The Morgan fingerprint density at radius 1 is 1.25 bits per heavy atom. The highest BCUT2D eigenvalue weighted by Gasteiger charge is 2.39. The van der Waals surface area contributed by atoms with Gasteiger partial charge in [-0.05, 0) is 25.2 Å². The van der Waals surface area contributed by atoms with Crippen molar-refractivity contribution in [2.24, 2.45) is 5.92 Å². The first-order valence-corrected chi connectivity index (χ1v) is 10.2. The van der Waals surface area contributed by atoms with Crippen LogP contribution in [-0.2, 0) is 23.3 Å². The van der Waals surface area contributed by atoms with Crippen LogP contribution in [0.3, 0.4) is 0 Å². The maximum Gasteiger partial charge on any atom is 0.281 e. The average Bonchev–Trinajstić information content (AvgIpc) is 2.77. The van der Waals surface area contributed by atoms with Crippen LogP contribution in [0.5, 0.6) is 0 Å². The van der Waals surface area contributed by atoms with E-state index >= 15 is 0 Å². The topological polar surface area (TPSA) is 61.7 Å². The highest BCUT2D eigenvalue weighted by atomic mass is 32.2. The molecule has 0 radical (unpaired) electrons. The molecule has 0 saturated carbocycles. The fourth-order valence-corrected chi connectivity index (χ4v) is 5.09. The molecular formula is C16H29N5O2S. The number of hydrogen-bond donors (Lipinski definition) is 0. The van der Waals surface area contributed by atoms with Crippen LogP contribution in [0.25, 0.3) is 0 Å². The number of rotatable bonds is 6.